The topological polar surface area (TPSA) is 92.3 Å². The second-order valence-electron chi connectivity index (χ2n) is 4.13. The number of nitrogens with zero attached hydrogens (tertiary/aromatic N) is 3. The average Bonchev–Trinajstić information content (AvgIpc) is 2.40. The van der Waals surface area contributed by atoms with Gasteiger partial charge in [-0.25, -0.2) is 9.78 Å². The molecular formula is C13H14N4O2. The van der Waals surface area contributed by atoms with Gasteiger partial charge in [-0.15, -0.1) is 0 Å². The minimum absolute atomic E-state index is 0.0257. The second kappa shape index (κ2) is 5.34. The van der Waals surface area contributed by atoms with Gasteiger partial charge in [0.2, 0.25) is 0 Å². The maximum absolute atomic E-state index is 10.9. The van der Waals surface area contributed by atoms with Crippen molar-refractivity contribution >= 4 is 17.5 Å². The molecule has 2 rings (SSSR count). The molecule has 0 amide bonds. The van der Waals surface area contributed by atoms with Gasteiger partial charge < -0.3 is 15.7 Å². The van der Waals surface area contributed by atoms with E-state index >= 15 is 0 Å². The number of anilines is 2. The van der Waals surface area contributed by atoms with E-state index in [2.05, 4.69) is 9.97 Å². The number of rotatable bonds is 4. The largest absolute Gasteiger partial charge is 0.477 e. The number of carbonyl (C=O) groups is 1. The second-order valence-corrected chi connectivity index (χ2v) is 4.13. The molecule has 98 valence electrons. The first-order valence-electron chi connectivity index (χ1n) is 5.68. The van der Waals surface area contributed by atoms with Crippen LogP contribution in [0, 0.1) is 0 Å². The summed E-state index contributed by atoms with van der Waals surface area (Å²) in [5.74, 6) is -0.625. The summed E-state index contributed by atoms with van der Waals surface area (Å²) in [5.41, 5.74) is 7.24. The fourth-order valence-electron chi connectivity index (χ4n) is 1.72. The molecule has 0 radical (unpaired) electrons. The zero-order chi connectivity index (χ0) is 13.8. The molecule has 3 N–H and O–H groups in total. The van der Waals surface area contributed by atoms with E-state index in [-0.39, 0.29) is 5.69 Å². The van der Waals surface area contributed by atoms with Gasteiger partial charge in [-0.05, 0) is 23.8 Å². The molecule has 0 atom stereocenters. The third-order valence-corrected chi connectivity index (χ3v) is 2.63. The van der Waals surface area contributed by atoms with E-state index in [9.17, 15) is 4.79 Å². The van der Waals surface area contributed by atoms with Crippen LogP contribution in [0.15, 0.2) is 36.7 Å². The smallest absolute Gasteiger partial charge is 0.354 e. The van der Waals surface area contributed by atoms with Crippen LogP contribution in [0.1, 0.15) is 16.1 Å². The van der Waals surface area contributed by atoms with Crippen LogP contribution in [0.3, 0.4) is 0 Å². The Kier molecular flexibility index (Phi) is 3.61. The number of nitrogen functional groups attached to an aromatic ring is 1. The quantitative estimate of drug-likeness (QED) is 0.861. The highest BCUT2D eigenvalue weighted by Crippen LogP contribution is 2.21. The van der Waals surface area contributed by atoms with Crippen LogP contribution < -0.4 is 10.6 Å². The highest BCUT2D eigenvalue weighted by molar-refractivity contribution is 5.86. The first-order chi connectivity index (χ1) is 9.08. The maximum atomic E-state index is 10.9. The molecule has 19 heavy (non-hydrogen) atoms. The molecule has 0 bridgehead atoms. The fourth-order valence-corrected chi connectivity index (χ4v) is 1.72. The molecule has 0 aliphatic rings. The lowest BCUT2D eigenvalue weighted by Gasteiger charge is -2.20. The summed E-state index contributed by atoms with van der Waals surface area (Å²) in [4.78, 5) is 20.8. The molecule has 6 heteroatoms. The fraction of sp³-hybridized carbons (Fsp3) is 0.154. The van der Waals surface area contributed by atoms with Crippen LogP contribution in [0.5, 0.6) is 0 Å². The van der Waals surface area contributed by atoms with E-state index < -0.39 is 5.97 Å². The molecule has 0 fully saturated rings. The van der Waals surface area contributed by atoms with Gasteiger partial charge in [-0.2, -0.15) is 0 Å². The Bertz CT molecular complexity index is 586. The Hall–Kier alpha value is -2.63. The Labute approximate surface area is 110 Å². The van der Waals surface area contributed by atoms with Crippen molar-refractivity contribution in [3.05, 3.63) is 47.9 Å². The molecule has 0 spiro atoms. The standard InChI is InChI=1S/C13H14N4O2/c1-17(8-9-3-2-6-15-7-9)12-10(14)4-5-11(16-12)13(18)19/h2-7H,8,14H2,1H3,(H,18,19). The summed E-state index contributed by atoms with van der Waals surface area (Å²) in [6.07, 6.45) is 3.44. The minimum Gasteiger partial charge on any atom is -0.477 e. The van der Waals surface area contributed by atoms with Gasteiger partial charge in [-0.1, -0.05) is 6.07 Å². The van der Waals surface area contributed by atoms with Crippen LogP contribution in [-0.4, -0.2) is 28.1 Å². The number of carboxylic acid groups (broad SMARTS) is 1. The van der Waals surface area contributed by atoms with Crippen molar-refractivity contribution in [2.24, 2.45) is 0 Å². The molecule has 2 aromatic rings. The van der Waals surface area contributed by atoms with E-state index in [4.69, 9.17) is 10.8 Å². The third-order valence-electron chi connectivity index (χ3n) is 2.63. The Morgan fingerprint density at radius 3 is 2.84 bits per heavy atom. The van der Waals surface area contributed by atoms with E-state index in [1.165, 1.54) is 6.07 Å². The van der Waals surface area contributed by atoms with Crippen molar-refractivity contribution in [3.8, 4) is 0 Å². The van der Waals surface area contributed by atoms with Gasteiger partial charge >= 0.3 is 5.97 Å². The van der Waals surface area contributed by atoms with Crippen LogP contribution in [0.25, 0.3) is 0 Å². The van der Waals surface area contributed by atoms with E-state index in [0.29, 0.717) is 18.1 Å². The summed E-state index contributed by atoms with van der Waals surface area (Å²) in [5, 5.41) is 8.94. The van der Waals surface area contributed by atoms with Crippen LogP contribution >= 0.6 is 0 Å². The summed E-state index contributed by atoms with van der Waals surface area (Å²) in [6.45, 7) is 0.550. The lowest BCUT2D eigenvalue weighted by molar-refractivity contribution is 0.0690. The highest BCUT2D eigenvalue weighted by Gasteiger charge is 2.12. The molecule has 0 saturated heterocycles. The predicted molar refractivity (Wildman–Crippen MR) is 72.0 cm³/mol. The molecule has 2 heterocycles. The molecule has 0 aliphatic heterocycles. The van der Waals surface area contributed by atoms with Crippen LogP contribution in [-0.2, 0) is 6.54 Å². The zero-order valence-corrected chi connectivity index (χ0v) is 10.4. The molecule has 6 nitrogen and oxygen atoms in total. The number of pyridine rings is 2. The highest BCUT2D eigenvalue weighted by atomic mass is 16.4. The van der Waals surface area contributed by atoms with Crippen molar-refractivity contribution in [1.82, 2.24) is 9.97 Å². The maximum Gasteiger partial charge on any atom is 0.354 e. The summed E-state index contributed by atoms with van der Waals surface area (Å²) < 4.78 is 0. The van der Waals surface area contributed by atoms with Gasteiger partial charge in [0.15, 0.2) is 11.5 Å². The van der Waals surface area contributed by atoms with E-state index in [1.807, 2.05) is 12.1 Å². The lowest BCUT2D eigenvalue weighted by atomic mass is 10.2. The Morgan fingerprint density at radius 2 is 2.21 bits per heavy atom. The van der Waals surface area contributed by atoms with Crippen molar-refractivity contribution in [2.75, 3.05) is 17.7 Å². The number of hydrogen-bond donors (Lipinski definition) is 2. The van der Waals surface area contributed by atoms with Crippen LogP contribution in [0.4, 0.5) is 11.5 Å². The van der Waals surface area contributed by atoms with Crippen molar-refractivity contribution in [2.45, 2.75) is 6.54 Å². The number of aromatic carboxylic acids is 1. The van der Waals surface area contributed by atoms with E-state index in [0.717, 1.165) is 5.56 Å². The number of carboxylic acids is 1. The normalized spacial score (nSPS) is 10.2. The lowest BCUT2D eigenvalue weighted by Crippen LogP contribution is -2.20. The molecule has 0 aliphatic carbocycles. The number of hydrogen-bond acceptors (Lipinski definition) is 5. The third kappa shape index (κ3) is 2.98. The number of aromatic nitrogens is 2. The van der Waals surface area contributed by atoms with Gasteiger partial charge in [0.25, 0.3) is 0 Å². The first kappa shape index (κ1) is 12.8. The molecule has 2 aromatic heterocycles. The zero-order valence-electron chi connectivity index (χ0n) is 10.4. The van der Waals surface area contributed by atoms with Gasteiger partial charge in [0.1, 0.15) is 0 Å². The average molecular weight is 258 g/mol. The van der Waals surface area contributed by atoms with Crippen LogP contribution in [0.2, 0.25) is 0 Å². The molecule has 0 aromatic carbocycles. The summed E-state index contributed by atoms with van der Waals surface area (Å²) >= 11 is 0. The van der Waals surface area contributed by atoms with Crippen molar-refractivity contribution < 1.29 is 9.90 Å². The summed E-state index contributed by atoms with van der Waals surface area (Å²) in [7, 11) is 1.80. The molecular weight excluding hydrogens is 244 g/mol. The Balaban J connectivity index is 2.25. The van der Waals surface area contributed by atoms with Gasteiger partial charge in [-0.3, -0.25) is 4.98 Å². The van der Waals surface area contributed by atoms with Crippen molar-refractivity contribution in [1.29, 1.82) is 0 Å². The van der Waals surface area contributed by atoms with Gasteiger partial charge in [0, 0.05) is 26.0 Å². The summed E-state index contributed by atoms with van der Waals surface area (Å²) in [6, 6.07) is 6.71. The molecule has 0 unspecified atom stereocenters. The van der Waals surface area contributed by atoms with E-state index in [1.54, 1.807) is 30.4 Å². The van der Waals surface area contributed by atoms with Crippen molar-refractivity contribution in [3.63, 3.8) is 0 Å². The Morgan fingerprint density at radius 1 is 1.42 bits per heavy atom. The first-order valence-corrected chi connectivity index (χ1v) is 5.68. The molecule has 0 saturated carbocycles. The monoisotopic (exact) mass is 258 g/mol. The minimum atomic E-state index is -1.07. The van der Waals surface area contributed by atoms with Gasteiger partial charge in [0.05, 0.1) is 5.69 Å². The predicted octanol–water partition coefficient (Wildman–Crippen LogP) is 1.39. The number of nitrogens with two attached hydrogens (primary N) is 1. The SMILES string of the molecule is CN(Cc1cccnc1)c1nc(C(=O)O)ccc1N.